The highest BCUT2D eigenvalue weighted by Crippen LogP contribution is 2.39. The first-order chi connectivity index (χ1) is 13.5. The standard InChI is InChI=1S/C23H31NO4/c1-23(2)14-19(16-28-23)24-11-10-18-12-20(25-3)22(21(13-18)26-4)27-15-17-8-6-5-7-9-17/h5-9,12-13,19,24H,10-11,14-16H2,1-4H3. The monoisotopic (exact) mass is 385 g/mol. The van der Waals surface area contributed by atoms with E-state index in [1.807, 2.05) is 42.5 Å². The van der Waals surface area contributed by atoms with Gasteiger partial charge in [0.2, 0.25) is 5.75 Å². The number of nitrogens with one attached hydrogen (secondary N) is 1. The van der Waals surface area contributed by atoms with Crippen molar-refractivity contribution in [3.8, 4) is 17.2 Å². The minimum absolute atomic E-state index is 0.0259. The number of ether oxygens (including phenoxy) is 4. The summed E-state index contributed by atoms with van der Waals surface area (Å²) in [6.07, 6.45) is 1.91. The molecule has 2 aromatic carbocycles. The number of hydrogen-bond donors (Lipinski definition) is 1. The van der Waals surface area contributed by atoms with Crippen LogP contribution in [-0.2, 0) is 17.8 Å². The zero-order valence-electron chi connectivity index (χ0n) is 17.3. The van der Waals surface area contributed by atoms with Gasteiger partial charge < -0.3 is 24.3 Å². The molecule has 0 spiro atoms. The first-order valence-corrected chi connectivity index (χ1v) is 9.80. The van der Waals surface area contributed by atoms with E-state index in [1.54, 1.807) is 14.2 Å². The molecule has 0 saturated carbocycles. The SMILES string of the molecule is COc1cc(CCNC2COC(C)(C)C2)cc(OC)c1OCc1ccccc1. The first kappa shape index (κ1) is 20.5. The number of hydrogen-bond acceptors (Lipinski definition) is 5. The van der Waals surface area contributed by atoms with E-state index in [4.69, 9.17) is 18.9 Å². The van der Waals surface area contributed by atoms with Gasteiger partial charge in [0, 0.05) is 6.04 Å². The van der Waals surface area contributed by atoms with E-state index in [0.29, 0.717) is 29.9 Å². The van der Waals surface area contributed by atoms with E-state index in [0.717, 1.165) is 37.1 Å². The van der Waals surface area contributed by atoms with Gasteiger partial charge in [0.1, 0.15) is 6.61 Å². The second-order valence-electron chi connectivity index (χ2n) is 7.78. The second-order valence-corrected chi connectivity index (χ2v) is 7.78. The van der Waals surface area contributed by atoms with Gasteiger partial charge in [0.05, 0.1) is 26.4 Å². The maximum atomic E-state index is 6.02. The Hall–Kier alpha value is -2.24. The molecule has 3 rings (SSSR count). The zero-order valence-corrected chi connectivity index (χ0v) is 17.3. The van der Waals surface area contributed by atoms with Crippen LogP contribution in [0.5, 0.6) is 17.2 Å². The average Bonchev–Trinajstić information content (AvgIpc) is 3.05. The van der Waals surface area contributed by atoms with Crippen molar-refractivity contribution in [1.82, 2.24) is 5.32 Å². The molecule has 5 nitrogen and oxygen atoms in total. The lowest BCUT2D eigenvalue weighted by Crippen LogP contribution is -2.32. The molecule has 0 amide bonds. The van der Waals surface area contributed by atoms with E-state index in [9.17, 15) is 0 Å². The van der Waals surface area contributed by atoms with Gasteiger partial charge in [-0.3, -0.25) is 0 Å². The van der Waals surface area contributed by atoms with Crippen LogP contribution in [0.3, 0.4) is 0 Å². The van der Waals surface area contributed by atoms with E-state index in [2.05, 4.69) is 19.2 Å². The lowest BCUT2D eigenvalue weighted by molar-refractivity contribution is 0.0357. The Morgan fingerprint density at radius 2 is 1.71 bits per heavy atom. The third kappa shape index (κ3) is 5.40. The van der Waals surface area contributed by atoms with Gasteiger partial charge in [0.25, 0.3) is 0 Å². The van der Waals surface area contributed by atoms with Gasteiger partial charge in [-0.25, -0.2) is 0 Å². The van der Waals surface area contributed by atoms with Gasteiger partial charge in [-0.05, 0) is 56.5 Å². The van der Waals surface area contributed by atoms with Crippen molar-refractivity contribution < 1.29 is 18.9 Å². The van der Waals surface area contributed by atoms with Gasteiger partial charge in [-0.15, -0.1) is 0 Å². The molecule has 2 aromatic rings. The van der Waals surface area contributed by atoms with Crippen molar-refractivity contribution in [2.75, 3.05) is 27.4 Å². The lowest BCUT2D eigenvalue weighted by atomic mass is 10.0. The molecule has 1 aliphatic heterocycles. The molecule has 1 heterocycles. The molecule has 1 saturated heterocycles. The summed E-state index contributed by atoms with van der Waals surface area (Å²) in [6, 6.07) is 14.5. The molecule has 1 N–H and O–H groups in total. The smallest absolute Gasteiger partial charge is 0.203 e. The summed E-state index contributed by atoms with van der Waals surface area (Å²) in [5, 5.41) is 3.58. The molecule has 0 bridgehead atoms. The van der Waals surface area contributed by atoms with Crippen molar-refractivity contribution >= 4 is 0 Å². The highest BCUT2D eigenvalue weighted by atomic mass is 16.5. The Morgan fingerprint density at radius 1 is 1.04 bits per heavy atom. The predicted octanol–water partition coefficient (Wildman–Crippen LogP) is 3.98. The summed E-state index contributed by atoms with van der Waals surface area (Å²) in [7, 11) is 3.31. The highest BCUT2D eigenvalue weighted by Gasteiger charge is 2.31. The fourth-order valence-electron chi connectivity index (χ4n) is 3.54. The summed E-state index contributed by atoms with van der Waals surface area (Å²) in [6.45, 7) is 6.38. The fraction of sp³-hybridized carbons (Fsp3) is 0.478. The summed E-state index contributed by atoms with van der Waals surface area (Å²) in [5.41, 5.74) is 2.22. The quantitative estimate of drug-likeness (QED) is 0.707. The fourth-order valence-corrected chi connectivity index (χ4v) is 3.54. The van der Waals surface area contributed by atoms with E-state index in [-0.39, 0.29) is 5.60 Å². The molecule has 1 aliphatic rings. The molecule has 1 fully saturated rings. The second kappa shape index (κ2) is 9.30. The Labute approximate surface area is 168 Å². The van der Waals surface area contributed by atoms with Crippen molar-refractivity contribution in [2.24, 2.45) is 0 Å². The Kier molecular flexibility index (Phi) is 6.81. The molecule has 28 heavy (non-hydrogen) atoms. The molecular weight excluding hydrogens is 354 g/mol. The summed E-state index contributed by atoms with van der Waals surface area (Å²) in [4.78, 5) is 0. The van der Waals surface area contributed by atoms with Gasteiger partial charge in [-0.1, -0.05) is 30.3 Å². The number of methoxy groups -OCH3 is 2. The zero-order chi connectivity index (χ0) is 20.0. The van der Waals surface area contributed by atoms with Gasteiger partial charge in [0.15, 0.2) is 11.5 Å². The van der Waals surface area contributed by atoms with Crippen LogP contribution in [0.1, 0.15) is 31.4 Å². The normalized spacial score (nSPS) is 18.1. The molecule has 0 aromatic heterocycles. The molecule has 152 valence electrons. The van der Waals surface area contributed by atoms with Crippen LogP contribution in [0.25, 0.3) is 0 Å². The minimum Gasteiger partial charge on any atom is -0.493 e. The van der Waals surface area contributed by atoms with Gasteiger partial charge in [-0.2, -0.15) is 0 Å². The van der Waals surface area contributed by atoms with Crippen LogP contribution < -0.4 is 19.5 Å². The molecule has 1 unspecified atom stereocenters. The lowest BCUT2D eigenvalue weighted by Gasteiger charge is -2.17. The molecule has 5 heteroatoms. The van der Waals surface area contributed by atoms with Crippen molar-refractivity contribution in [2.45, 2.75) is 44.9 Å². The third-order valence-electron chi connectivity index (χ3n) is 5.01. The van der Waals surface area contributed by atoms with Gasteiger partial charge >= 0.3 is 0 Å². The number of benzene rings is 2. The largest absolute Gasteiger partial charge is 0.493 e. The van der Waals surface area contributed by atoms with Crippen molar-refractivity contribution in [3.63, 3.8) is 0 Å². The Bertz CT molecular complexity index is 735. The average molecular weight is 386 g/mol. The van der Waals surface area contributed by atoms with Crippen LogP contribution in [0.15, 0.2) is 42.5 Å². The van der Waals surface area contributed by atoms with Crippen molar-refractivity contribution in [3.05, 3.63) is 53.6 Å². The summed E-state index contributed by atoms with van der Waals surface area (Å²) >= 11 is 0. The number of rotatable bonds is 9. The van der Waals surface area contributed by atoms with Crippen LogP contribution >= 0.6 is 0 Å². The van der Waals surface area contributed by atoms with E-state index < -0.39 is 0 Å². The molecule has 1 atom stereocenters. The molecule has 0 aliphatic carbocycles. The van der Waals surface area contributed by atoms with Crippen molar-refractivity contribution in [1.29, 1.82) is 0 Å². The summed E-state index contributed by atoms with van der Waals surface area (Å²) in [5.74, 6) is 2.02. The van der Waals surface area contributed by atoms with Crippen LogP contribution in [0.2, 0.25) is 0 Å². The first-order valence-electron chi connectivity index (χ1n) is 9.80. The third-order valence-corrected chi connectivity index (χ3v) is 5.01. The molecular formula is C23H31NO4. The highest BCUT2D eigenvalue weighted by molar-refractivity contribution is 5.54. The molecule has 0 radical (unpaired) electrons. The minimum atomic E-state index is -0.0259. The Balaban J connectivity index is 1.63. The summed E-state index contributed by atoms with van der Waals surface area (Å²) < 4.78 is 23.0. The maximum absolute atomic E-state index is 6.02. The van der Waals surface area contributed by atoms with Crippen LogP contribution in [-0.4, -0.2) is 39.0 Å². The van der Waals surface area contributed by atoms with Crippen LogP contribution in [0, 0.1) is 0 Å². The van der Waals surface area contributed by atoms with Crippen LogP contribution in [0.4, 0.5) is 0 Å². The topological polar surface area (TPSA) is 49.0 Å². The van der Waals surface area contributed by atoms with E-state index >= 15 is 0 Å². The van der Waals surface area contributed by atoms with E-state index in [1.165, 1.54) is 0 Å². The maximum Gasteiger partial charge on any atom is 0.203 e. The predicted molar refractivity (Wildman–Crippen MR) is 110 cm³/mol. The Morgan fingerprint density at radius 3 is 2.29 bits per heavy atom.